The maximum absolute atomic E-state index is 6.07. The van der Waals surface area contributed by atoms with Crippen molar-refractivity contribution in [3.05, 3.63) is 59.4 Å². The molecule has 0 saturated carbocycles. The second-order valence-corrected chi connectivity index (χ2v) is 6.00. The Labute approximate surface area is 157 Å². The van der Waals surface area contributed by atoms with Crippen LogP contribution < -0.4 is 20.1 Å². The van der Waals surface area contributed by atoms with E-state index in [0.29, 0.717) is 28.2 Å². The molecule has 0 bridgehead atoms. The van der Waals surface area contributed by atoms with Gasteiger partial charge in [-0.2, -0.15) is 0 Å². The van der Waals surface area contributed by atoms with Gasteiger partial charge in [-0.1, -0.05) is 17.7 Å². The van der Waals surface area contributed by atoms with Crippen molar-refractivity contribution in [2.45, 2.75) is 6.92 Å². The summed E-state index contributed by atoms with van der Waals surface area (Å²) < 4.78 is 10.6. The van der Waals surface area contributed by atoms with Crippen molar-refractivity contribution in [2.75, 3.05) is 24.9 Å². The second kappa shape index (κ2) is 7.93. The van der Waals surface area contributed by atoms with Gasteiger partial charge in [0.05, 0.1) is 14.2 Å². The summed E-state index contributed by atoms with van der Waals surface area (Å²) in [5.41, 5.74) is 2.79. The van der Waals surface area contributed by atoms with Gasteiger partial charge in [0, 0.05) is 28.5 Å². The molecule has 0 aliphatic heterocycles. The van der Waals surface area contributed by atoms with E-state index in [2.05, 4.69) is 20.6 Å². The molecule has 3 rings (SSSR count). The maximum Gasteiger partial charge on any atom is 0.162 e. The van der Waals surface area contributed by atoms with E-state index in [9.17, 15) is 0 Å². The zero-order valence-corrected chi connectivity index (χ0v) is 15.5. The number of nitrogens with zero attached hydrogens (tertiary/aromatic N) is 2. The third kappa shape index (κ3) is 4.15. The number of halogens is 1. The average molecular weight is 371 g/mol. The van der Waals surface area contributed by atoms with E-state index in [-0.39, 0.29) is 0 Å². The Kier molecular flexibility index (Phi) is 5.43. The largest absolute Gasteiger partial charge is 0.493 e. The van der Waals surface area contributed by atoms with Gasteiger partial charge in [0.1, 0.15) is 18.0 Å². The molecule has 3 aromatic rings. The summed E-state index contributed by atoms with van der Waals surface area (Å²) in [6, 6.07) is 13.0. The minimum Gasteiger partial charge on any atom is -0.493 e. The molecule has 134 valence electrons. The smallest absolute Gasteiger partial charge is 0.162 e. The Bertz CT molecular complexity index is 918. The van der Waals surface area contributed by atoms with Crippen LogP contribution in [0.25, 0.3) is 0 Å². The first-order valence-electron chi connectivity index (χ1n) is 7.93. The average Bonchev–Trinajstić information content (AvgIpc) is 2.65. The van der Waals surface area contributed by atoms with Gasteiger partial charge >= 0.3 is 0 Å². The molecule has 0 fully saturated rings. The predicted molar refractivity (Wildman–Crippen MR) is 104 cm³/mol. The topological polar surface area (TPSA) is 68.3 Å². The highest BCUT2D eigenvalue weighted by molar-refractivity contribution is 6.30. The van der Waals surface area contributed by atoms with Crippen LogP contribution in [0.1, 0.15) is 5.56 Å². The number of aromatic nitrogens is 2. The molecule has 7 heteroatoms. The molecule has 0 aliphatic rings. The van der Waals surface area contributed by atoms with Crippen molar-refractivity contribution in [3.63, 3.8) is 0 Å². The predicted octanol–water partition coefficient (Wildman–Crippen LogP) is 4.94. The zero-order chi connectivity index (χ0) is 18.5. The van der Waals surface area contributed by atoms with E-state index < -0.39 is 0 Å². The fourth-order valence-corrected chi connectivity index (χ4v) is 2.59. The normalized spacial score (nSPS) is 10.3. The lowest BCUT2D eigenvalue weighted by molar-refractivity contribution is 0.355. The first-order valence-corrected chi connectivity index (χ1v) is 8.31. The van der Waals surface area contributed by atoms with Gasteiger partial charge in [-0.15, -0.1) is 0 Å². The number of nitrogens with one attached hydrogen (secondary N) is 2. The molecule has 0 aliphatic carbocycles. The molecule has 0 spiro atoms. The molecular weight excluding hydrogens is 352 g/mol. The number of rotatable bonds is 6. The van der Waals surface area contributed by atoms with Crippen molar-refractivity contribution >= 4 is 34.6 Å². The molecule has 26 heavy (non-hydrogen) atoms. The monoisotopic (exact) mass is 370 g/mol. The van der Waals surface area contributed by atoms with Crippen LogP contribution in [0.4, 0.5) is 23.0 Å². The summed E-state index contributed by atoms with van der Waals surface area (Å²) in [7, 11) is 3.20. The second-order valence-electron chi connectivity index (χ2n) is 5.57. The highest BCUT2D eigenvalue weighted by atomic mass is 35.5. The number of hydrogen-bond donors (Lipinski definition) is 2. The highest BCUT2D eigenvalue weighted by Gasteiger charge is 2.07. The fraction of sp³-hybridized carbons (Fsp3) is 0.158. The van der Waals surface area contributed by atoms with E-state index in [1.165, 1.54) is 6.33 Å². The lowest BCUT2D eigenvalue weighted by Gasteiger charge is -2.12. The van der Waals surface area contributed by atoms with E-state index in [4.69, 9.17) is 21.1 Å². The standard InChI is InChI=1S/C19H19ClN4O2/c1-12-4-5-13(20)8-15(12)24-19-10-18(21-11-22-19)23-14-6-7-16(25-2)17(9-14)26-3/h4-11H,1-3H3,(H2,21,22,23,24). The fourth-order valence-electron chi connectivity index (χ4n) is 2.42. The number of methoxy groups -OCH3 is 2. The Morgan fingerprint density at radius 1 is 0.846 bits per heavy atom. The van der Waals surface area contributed by atoms with Crippen LogP contribution in [-0.4, -0.2) is 24.2 Å². The summed E-state index contributed by atoms with van der Waals surface area (Å²) in [6.07, 6.45) is 1.49. The van der Waals surface area contributed by atoms with Crippen LogP contribution in [0.5, 0.6) is 11.5 Å². The molecule has 0 amide bonds. The quantitative estimate of drug-likeness (QED) is 0.640. The van der Waals surface area contributed by atoms with E-state index in [1.807, 2.05) is 49.4 Å². The summed E-state index contributed by atoms with van der Waals surface area (Å²) >= 11 is 6.07. The first kappa shape index (κ1) is 17.8. The number of anilines is 4. The highest BCUT2D eigenvalue weighted by Crippen LogP contribution is 2.31. The summed E-state index contributed by atoms with van der Waals surface area (Å²) in [5, 5.41) is 7.15. The molecule has 2 aromatic carbocycles. The molecule has 1 aromatic heterocycles. The maximum atomic E-state index is 6.07. The molecule has 0 atom stereocenters. The van der Waals surface area contributed by atoms with Gasteiger partial charge in [0.25, 0.3) is 0 Å². The van der Waals surface area contributed by atoms with Crippen LogP contribution >= 0.6 is 11.6 Å². The lowest BCUT2D eigenvalue weighted by Crippen LogP contribution is -2.00. The van der Waals surface area contributed by atoms with Gasteiger partial charge in [0.15, 0.2) is 11.5 Å². The van der Waals surface area contributed by atoms with Crippen LogP contribution in [-0.2, 0) is 0 Å². The molecule has 2 N–H and O–H groups in total. The minimum absolute atomic E-state index is 0.638. The number of ether oxygens (including phenoxy) is 2. The van der Waals surface area contributed by atoms with Crippen molar-refractivity contribution in [3.8, 4) is 11.5 Å². The molecule has 0 unspecified atom stereocenters. The third-order valence-electron chi connectivity index (χ3n) is 3.79. The van der Waals surface area contributed by atoms with Crippen LogP contribution in [0.15, 0.2) is 48.8 Å². The van der Waals surface area contributed by atoms with E-state index in [0.717, 1.165) is 16.9 Å². The van der Waals surface area contributed by atoms with Gasteiger partial charge in [-0.25, -0.2) is 9.97 Å². The zero-order valence-electron chi connectivity index (χ0n) is 14.7. The van der Waals surface area contributed by atoms with Crippen molar-refractivity contribution < 1.29 is 9.47 Å². The van der Waals surface area contributed by atoms with Gasteiger partial charge < -0.3 is 20.1 Å². The van der Waals surface area contributed by atoms with E-state index >= 15 is 0 Å². The summed E-state index contributed by atoms with van der Waals surface area (Å²) in [6.45, 7) is 2.00. The lowest BCUT2D eigenvalue weighted by atomic mass is 10.2. The molecule has 0 radical (unpaired) electrons. The third-order valence-corrected chi connectivity index (χ3v) is 4.02. The van der Waals surface area contributed by atoms with Crippen molar-refractivity contribution in [2.24, 2.45) is 0 Å². The molecule has 6 nitrogen and oxygen atoms in total. The van der Waals surface area contributed by atoms with Gasteiger partial charge in [0.2, 0.25) is 0 Å². The minimum atomic E-state index is 0.638. The van der Waals surface area contributed by atoms with Crippen LogP contribution in [0, 0.1) is 6.92 Å². The van der Waals surface area contributed by atoms with Gasteiger partial charge in [-0.05, 0) is 36.8 Å². The Hall–Kier alpha value is -2.99. The molecule has 1 heterocycles. The summed E-state index contributed by atoms with van der Waals surface area (Å²) in [5.74, 6) is 2.61. The van der Waals surface area contributed by atoms with E-state index in [1.54, 1.807) is 14.2 Å². The van der Waals surface area contributed by atoms with Crippen molar-refractivity contribution in [1.29, 1.82) is 0 Å². The Balaban J connectivity index is 1.80. The van der Waals surface area contributed by atoms with Crippen LogP contribution in [0.2, 0.25) is 5.02 Å². The Morgan fingerprint density at radius 3 is 2.31 bits per heavy atom. The Morgan fingerprint density at radius 2 is 1.58 bits per heavy atom. The number of hydrogen-bond acceptors (Lipinski definition) is 6. The summed E-state index contributed by atoms with van der Waals surface area (Å²) in [4.78, 5) is 8.51. The SMILES string of the molecule is COc1ccc(Nc2cc(Nc3cc(Cl)ccc3C)ncn2)cc1OC. The molecular formula is C19H19ClN4O2. The van der Waals surface area contributed by atoms with Gasteiger partial charge in [-0.3, -0.25) is 0 Å². The molecule has 0 saturated heterocycles. The van der Waals surface area contributed by atoms with Crippen LogP contribution in [0.3, 0.4) is 0 Å². The number of benzene rings is 2. The van der Waals surface area contributed by atoms with Crippen molar-refractivity contribution in [1.82, 2.24) is 9.97 Å². The first-order chi connectivity index (χ1) is 12.6. The number of aryl methyl sites for hydroxylation is 1.